The van der Waals surface area contributed by atoms with Crippen molar-refractivity contribution in [1.82, 2.24) is 9.55 Å². The van der Waals surface area contributed by atoms with Gasteiger partial charge in [-0.15, -0.1) is 11.3 Å². The van der Waals surface area contributed by atoms with E-state index in [1.807, 2.05) is 5.38 Å². The van der Waals surface area contributed by atoms with Gasteiger partial charge in [0.2, 0.25) is 0 Å². The number of hydrogen-bond acceptors (Lipinski definition) is 5. The Kier molecular flexibility index (Phi) is 2.82. The summed E-state index contributed by atoms with van der Waals surface area (Å²) in [6.07, 6.45) is 1.47. The summed E-state index contributed by atoms with van der Waals surface area (Å²) in [6, 6.07) is 5.01. The molecule has 0 amide bonds. The Morgan fingerprint density at radius 1 is 1.50 bits per heavy atom. The second kappa shape index (κ2) is 4.28. The quantitative estimate of drug-likeness (QED) is 0.797. The van der Waals surface area contributed by atoms with Crippen LogP contribution in [0.5, 0.6) is 0 Å². The second-order valence-corrected chi connectivity index (χ2v) is 4.11. The Hall–Kier alpha value is -1.95. The Labute approximate surface area is 95.2 Å². The van der Waals surface area contributed by atoms with Crippen LogP contribution in [-0.4, -0.2) is 15.3 Å². The van der Waals surface area contributed by atoms with Crippen LogP contribution < -0.4 is 11.4 Å². The molecule has 0 radical (unpaired) electrons. The van der Waals surface area contributed by atoms with Crippen LogP contribution in [-0.2, 0) is 6.54 Å². The molecule has 0 aliphatic rings. The predicted molar refractivity (Wildman–Crippen MR) is 61.6 cm³/mol. The van der Waals surface area contributed by atoms with Crippen LogP contribution in [0.1, 0.15) is 9.67 Å². The second-order valence-electron chi connectivity index (χ2n) is 3.16. The largest absolute Gasteiger partial charge is 0.383 e. The van der Waals surface area contributed by atoms with Gasteiger partial charge in [0.05, 0.1) is 11.4 Å². The summed E-state index contributed by atoms with van der Waals surface area (Å²) in [6.45, 7) is -0.00731. The van der Waals surface area contributed by atoms with Crippen LogP contribution in [0, 0.1) is 0 Å². The Balaban J connectivity index is 2.22. The molecule has 0 saturated heterocycles. The van der Waals surface area contributed by atoms with Crippen LogP contribution >= 0.6 is 11.3 Å². The molecule has 2 N–H and O–H groups in total. The molecule has 2 heterocycles. The first-order valence-corrected chi connectivity index (χ1v) is 5.44. The number of ketones is 1. The highest BCUT2D eigenvalue weighted by atomic mass is 32.1. The van der Waals surface area contributed by atoms with Crippen LogP contribution in [0.2, 0.25) is 0 Å². The highest BCUT2D eigenvalue weighted by Crippen LogP contribution is 2.09. The number of Topliss-reactive ketones (excluding diaryl/α,β-unsaturated/α-hetero) is 1. The molecule has 0 unspecified atom stereocenters. The number of carbonyl (C=O) groups excluding carboxylic acids is 1. The minimum Gasteiger partial charge on any atom is -0.383 e. The molecule has 2 aromatic rings. The average molecular weight is 235 g/mol. The van der Waals surface area contributed by atoms with E-state index >= 15 is 0 Å². The lowest BCUT2D eigenvalue weighted by molar-refractivity contribution is 0.0974. The first-order chi connectivity index (χ1) is 7.66. The summed E-state index contributed by atoms with van der Waals surface area (Å²) in [5.74, 6) is 0.0495. The van der Waals surface area contributed by atoms with E-state index in [0.29, 0.717) is 4.88 Å². The standard InChI is InChI=1S/C10H9N3O2S/c11-9-3-4-13(10(15)12-9)6-7(14)8-2-1-5-16-8/h1-5H,6H2,(H2,11,12,15). The van der Waals surface area contributed by atoms with E-state index in [9.17, 15) is 9.59 Å². The topological polar surface area (TPSA) is 78.0 Å². The van der Waals surface area contributed by atoms with E-state index in [1.165, 1.54) is 28.2 Å². The minimum absolute atomic E-state index is 0.00731. The third-order valence-electron chi connectivity index (χ3n) is 2.01. The molecule has 2 aromatic heterocycles. The van der Waals surface area contributed by atoms with Gasteiger partial charge in [-0.1, -0.05) is 6.07 Å². The van der Waals surface area contributed by atoms with Crippen molar-refractivity contribution in [2.24, 2.45) is 0 Å². The third-order valence-corrected chi connectivity index (χ3v) is 2.92. The maximum atomic E-state index is 11.7. The lowest BCUT2D eigenvalue weighted by atomic mass is 10.3. The van der Waals surface area contributed by atoms with Gasteiger partial charge in [0.1, 0.15) is 5.82 Å². The van der Waals surface area contributed by atoms with Gasteiger partial charge in [-0.2, -0.15) is 4.98 Å². The van der Waals surface area contributed by atoms with E-state index in [2.05, 4.69) is 4.98 Å². The van der Waals surface area contributed by atoms with Crippen molar-refractivity contribution in [2.75, 3.05) is 5.73 Å². The molecule has 0 bridgehead atoms. The van der Waals surface area contributed by atoms with E-state index in [0.717, 1.165) is 0 Å². The minimum atomic E-state index is -0.509. The lowest BCUT2D eigenvalue weighted by Gasteiger charge is -2.02. The molecule has 0 fully saturated rings. The first-order valence-electron chi connectivity index (χ1n) is 4.56. The van der Waals surface area contributed by atoms with Gasteiger partial charge in [0.25, 0.3) is 0 Å². The summed E-state index contributed by atoms with van der Waals surface area (Å²) in [7, 11) is 0. The van der Waals surface area contributed by atoms with Gasteiger partial charge in [-0.25, -0.2) is 4.79 Å². The molecule has 82 valence electrons. The van der Waals surface area contributed by atoms with E-state index in [-0.39, 0.29) is 18.1 Å². The van der Waals surface area contributed by atoms with Gasteiger partial charge >= 0.3 is 5.69 Å². The summed E-state index contributed by atoms with van der Waals surface area (Å²) in [5, 5.41) is 1.82. The number of nitrogen functional groups attached to an aromatic ring is 1. The molecule has 0 saturated carbocycles. The SMILES string of the molecule is Nc1ccn(CC(=O)c2cccs2)c(=O)n1. The fourth-order valence-corrected chi connectivity index (χ4v) is 1.89. The molecule has 5 nitrogen and oxygen atoms in total. The van der Waals surface area contributed by atoms with Crippen LogP contribution in [0.25, 0.3) is 0 Å². The fraction of sp³-hybridized carbons (Fsp3) is 0.100. The third kappa shape index (κ3) is 2.17. The van der Waals surface area contributed by atoms with Crippen molar-refractivity contribution in [3.63, 3.8) is 0 Å². The van der Waals surface area contributed by atoms with E-state index < -0.39 is 5.69 Å². The Bertz CT molecular complexity index is 560. The molecule has 0 aliphatic carbocycles. The van der Waals surface area contributed by atoms with E-state index in [4.69, 9.17) is 5.73 Å². The number of anilines is 1. The highest BCUT2D eigenvalue weighted by Gasteiger charge is 2.08. The molecule has 0 atom stereocenters. The van der Waals surface area contributed by atoms with Crippen LogP contribution in [0.15, 0.2) is 34.6 Å². The molecular weight excluding hydrogens is 226 g/mol. The zero-order valence-corrected chi connectivity index (χ0v) is 9.11. The maximum Gasteiger partial charge on any atom is 0.349 e. The molecule has 6 heteroatoms. The van der Waals surface area contributed by atoms with Crippen LogP contribution in [0.4, 0.5) is 5.82 Å². The van der Waals surface area contributed by atoms with Crippen molar-refractivity contribution in [1.29, 1.82) is 0 Å². The van der Waals surface area contributed by atoms with Crippen LogP contribution in [0.3, 0.4) is 0 Å². The normalized spacial score (nSPS) is 10.2. The summed E-state index contributed by atoms with van der Waals surface area (Å²) in [4.78, 5) is 27.2. The zero-order valence-electron chi connectivity index (χ0n) is 8.29. The number of carbonyl (C=O) groups is 1. The van der Waals surface area contributed by atoms with Crippen molar-refractivity contribution < 1.29 is 4.79 Å². The summed E-state index contributed by atoms with van der Waals surface area (Å²) < 4.78 is 1.23. The summed E-state index contributed by atoms with van der Waals surface area (Å²) >= 11 is 1.35. The van der Waals surface area contributed by atoms with Crippen molar-refractivity contribution in [3.05, 3.63) is 45.1 Å². The van der Waals surface area contributed by atoms with Gasteiger partial charge < -0.3 is 5.73 Å². The molecular formula is C10H9N3O2S. The van der Waals surface area contributed by atoms with Crippen molar-refractivity contribution in [2.45, 2.75) is 6.54 Å². The van der Waals surface area contributed by atoms with Gasteiger partial charge in [-0.05, 0) is 17.5 Å². The fourth-order valence-electron chi connectivity index (χ4n) is 1.23. The monoisotopic (exact) mass is 235 g/mol. The van der Waals surface area contributed by atoms with Crippen molar-refractivity contribution in [3.8, 4) is 0 Å². The first kappa shape index (κ1) is 10.6. The number of nitrogens with two attached hydrogens (primary N) is 1. The van der Waals surface area contributed by atoms with E-state index in [1.54, 1.807) is 12.1 Å². The van der Waals surface area contributed by atoms with Gasteiger partial charge in [-0.3, -0.25) is 9.36 Å². The zero-order chi connectivity index (χ0) is 11.5. The molecule has 0 aromatic carbocycles. The van der Waals surface area contributed by atoms with Gasteiger partial charge in [0, 0.05) is 6.20 Å². The maximum absolute atomic E-state index is 11.7. The number of thiophene rings is 1. The molecule has 0 aliphatic heterocycles. The predicted octanol–water partition coefficient (Wildman–Crippen LogP) is 0.770. The molecule has 0 spiro atoms. The molecule has 2 rings (SSSR count). The van der Waals surface area contributed by atoms with Crippen molar-refractivity contribution >= 4 is 22.9 Å². The molecule has 16 heavy (non-hydrogen) atoms. The number of rotatable bonds is 3. The number of nitrogens with zero attached hydrogens (tertiary/aromatic N) is 2. The lowest BCUT2D eigenvalue weighted by Crippen LogP contribution is -2.26. The summed E-state index contributed by atoms with van der Waals surface area (Å²) in [5.41, 5.74) is 4.84. The average Bonchev–Trinajstić information content (AvgIpc) is 2.75. The van der Waals surface area contributed by atoms with Gasteiger partial charge in [0.15, 0.2) is 5.78 Å². The highest BCUT2D eigenvalue weighted by molar-refractivity contribution is 7.12. The Morgan fingerprint density at radius 3 is 2.94 bits per heavy atom. The number of aromatic nitrogens is 2. The number of hydrogen-bond donors (Lipinski definition) is 1. The Morgan fingerprint density at radius 2 is 2.31 bits per heavy atom. The smallest absolute Gasteiger partial charge is 0.349 e.